The lowest BCUT2D eigenvalue weighted by atomic mass is 9.48. The summed E-state index contributed by atoms with van der Waals surface area (Å²) in [7, 11) is 7.39. The number of anilines is 1. The maximum Gasteiger partial charge on any atom is 0.330 e. The molecule has 0 aliphatic heterocycles. The molecule has 0 unspecified atom stereocenters. The van der Waals surface area contributed by atoms with Crippen LogP contribution < -0.4 is 20.1 Å². The van der Waals surface area contributed by atoms with Gasteiger partial charge in [0.05, 0.1) is 31.2 Å². The third-order valence-electron chi connectivity index (χ3n) is 11.0. The summed E-state index contributed by atoms with van der Waals surface area (Å²) in [4.78, 5) is 29.5. The molecule has 7 rings (SSSR count). The van der Waals surface area contributed by atoms with Crippen molar-refractivity contribution in [2.75, 3.05) is 46.7 Å². The minimum Gasteiger partial charge on any atom is -0.496 e. The lowest BCUT2D eigenvalue weighted by Gasteiger charge is -2.59. The Kier molecular flexibility index (Phi) is 9.74. The van der Waals surface area contributed by atoms with Crippen LogP contribution >= 0.6 is 0 Å². The SMILES string of the molecule is COc1cccc(OC)c1-c1cc(C(=O)NC2(C(=O)O)C3CC4CC(C3)CC2C4)nn1-c1ccc(NCCCCN(C)C)cc1C(C)C. The summed E-state index contributed by atoms with van der Waals surface area (Å²) in [6, 6.07) is 13.6. The Morgan fingerprint density at radius 2 is 1.62 bits per heavy atom. The highest BCUT2D eigenvalue weighted by atomic mass is 16.5. The van der Waals surface area contributed by atoms with Crippen molar-refractivity contribution in [1.82, 2.24) is 20.0 Å². The van der Waals surface area contributed by atoms with Crippen molar-refractivity contribution in [3.8, 4) is 28.4 Å². The number of rotatable bonds is 14. The summed E-state index contributed by atoms with van der Waals surface area (Å²) >= 11 is 0. The van der Waals surface area contributed by atoms with E-state index in [4.69, 9.17) is 14.6 Å². The molecule has 4 aliphatic rings. The van der Waals surface area contributed by atoms with E-state index in [0.29, 0.717) is 34.6 Å². The summed E-state index contributed by atoms with van der Waals surface area (Å²) < 4.78 is 13.4. The first kappa shape index (κ1) is 33.8. The van der Waals surface area contributed by atoms with Crippen LogP contribution in [-0.2, 0) is 4.79 Å². The van der Waals surface area contributed by atoms with Crippen molar-refractivity contribution in [3.05, 3.63) is 53.7 Å². The predicted molar refractivity (Wildman–Crippen MR) is 187 cm³/mol. The lowest BCUT2D eigenvalue weighted by molar-refractivity contribution is -0.163. The first-order valence-corrected chi connectivity index (χ1v) is 17.5. The number of benzene rings is 2. The largest absolute Gasteiger partial charge is 0.496 e. The highest BCUT2D eigenvalue weighted by Crippen LogP contribution is 2.58. The van der Waals surface area contributed by atoms with Gasteiger partial charge in [-0.25, -0.2) is 9.48 Å². The van der Waals surface area contributed by atoms with Crippen LogP contribution in [0.2, 0.25) is 0 Å². The molecule has 1 heterocycles. The average molecular weight is 658 g/mol. The molecule has 0 spiro atoms. The molecule has 1 aromatic heterocycles. The first-order valence-electron chi connectivity index (χ1n) is 17.5. The maximum atomic E-state index is 14.2. The molecule has 48 heavy (non-hydrogen) atoms. The van der Waals surface area contributed by atoms with Crippen molar-refractivity contribution in [2.24, 2.45) is 23.7 Å². The van der Waals surface area contributed by atoms with Crippen LogP contribution in [-0.4, -0.2) is 78.6 Å². The monoisotopic (exact) mass is 657 g/mol. The zero-order valence-electron chi connectivity index (χ0n) is 29.2. The number of carbonyl (C=O) groups excluding carboxylic acids is 1. The number of nitrogens with one attached hydrogen (secondary N) is 2. The third kappa shape index (κ3) is 6.27. The Morgan fingerprint density at radius 1 is 0.979 bits per heavy atom. The first-order chi connectivity index (χ1) is 23.0. The van der Waals surface area contributed by atoms with Crippen LogP contribution in [0.4, 0.5) is 5.69 Å². The molecule has 4 saturated carbocycles. The second-order valence-electron chi connectivity index (χ2n) is 14.7. The van der Waals surface area contributed by atoms with E-state index in [2.05, 4.69) is 49.5 Å². The van der Waals surface area contributed by atoms with Gasteiger partial charge in [-0.2, -0.15) is 5.10 Å². The van der Waals surface area contributed by atoms with Crippen LogP contribution in [0.5, 0.6) is 11.5 Å². The van der Waals surface area contributed by atoms with Crippen LogP contribution in [0, 0.1) is 23.7 Å². The quantitative estimate of drug-likeness (QED) is 0.170. The van der Waals surface area contributed by atoms with Crippen molar-refractivity contribution in [3.63, 3.8) is 0 Å². The van der Waals surface area contributed by atoms with Gasteiger partial charge in [0.25, 0.3) is 5.91 Å². The Hall–Kier alpha value is -4.05. The Bertz CT molecular complexity index is 1600. The fraction of sp³-hybridized carbons (Fsp3) is 0.553. The van der Waals surface area contributed by atoms with E-state index in [0.717, 1.165) is 68.6 Å². The molecule has 1 amide bonds. The van der Waals surface area contributed by atoms with E-state index < -0.39 is 17.4 Å². The topological polar surface area (TPSA) is 118 Å². The number of unbranched alkanes of at least 4 members (excludes halogenated alkanes) is 1. The number of carboxylic acids is 1. The zero-order chi connectivity index (χ0) is 34.2. The van der Waals surface area contributed by atoms with Crippen molar-refractivity contribution < 1.29 is 24.2 Å². The number of hydrogen-bond donors (Lipinski definition) is 3. The fourth-order valence-corrected chi connectivity index (χ4v) is 8.85. The Morgan fingerprint density at radius 3 is 2.19 bits per heavy atom. The number of ether oxygens (including phenoxy) is 2. The van der Waals surface area contributed by atoms with E-state index in [-0.39, 0.29) is 23.4 Å². The second-order valence-corrected chi connectivity index (χ2v) is 14.7. The molecule has 4 aliphatic carbocycles. The second kappa shape index (κ2) is 13.8. The van der Waals surface area contributed by atoms with E-state index >= 15 is 0 Å². The number of carbonyl (C=O) groups is 2. The van der Waals surface area contributed by atoms with Crippen molar-refractivity contribution in [2.45, 2.75) is 70.3 Å². The lowest BCUT2D eigenvalue weighted by Crippen LogP contribution is -2.70. The van der Waals surface area contributed by atoms with Gasteiger partial charge in [-0.05, 0) is 137 Å². The zero-order valence-corrected chi connectivity index (χ0v) is 29.2. The fourth-order valence-electron chi connectivity index (χ4n) is 8.85. The number of methoxy groups -OCH3 is 2. The third-order valence-corrected chi connectivity index (χ3v) is 11.0. The number of nitrogens with zero attached hydrogens (tertiary/aromatic N) is 3. The number of aliphatic carboxylic acids is 1. The normalized spacial score (nSPS) is 24.2. The highest BCUT2D eigenvalue weighted by molar-refractivity contribution is 5.98. The molecule has 4 bridgehead atoms. The standard InChI is InChI=1S/C38H51N5O5/c1-23(2)29-21-28(39-14-7-8-15-42(3)4)12-13-31(29)43-32(35-33(47-5)10-9-11-34(35)48-6)22-30(41-43)36(44)40-38(37(45)46)26-17-24-16-25(19-26)20-27(38)18-24/h9-13,21-27,39H,7-8,14-20H2,1-6H3,(H,40,44)(H,45,46). The van der Waals surface area contributed by atoms with Gasteiger partial charge in [0.15, 0.2) is 5.69 Å². The van der Waals surface area contributed by atoms with Gasteiger partial charge in [0.2, 0.25) is 0 Å². The van der Waals surface area contributed by atoms with Crippen molar-refractivity contribution >= 4 is 17.6 Å². The number of hydrogen-bond acceptors (Lipinski definition) is 7. The van der Waals surface area contributed by atoms with Gasteiger partial charge in [-0.1, -0.05) is 19.9 Å². The number of carboxylic acid groups (broad SMARTS) is 1. The molecule has 2 aromatic carbocycles. The summed E-state index contributed by atoms with van der Waals surface area (Å²) in [6.45, 7) is 6.21. The highest BCUT2D eigenvalue weighted by Gasteiger charge is 2.62. The van der Waals surface area contributed by atoms with Crippen molar-refractivity contribution in [1.29, 1.82) is 0 Å². The molecule has 3 N–H and O–H groups in total. The molecular formula is C38H51N5O5. The summed E-state index contributed by atoms with van der Waals surface area (Å²) in [5.74, 6) is 0.885. The molecule has 258 valence electrons. The molecule has 0 radical (unpaired) electrons. The number of aromatic nitrogens is 2. The van der Waals surface area contributed by atoms with Gasteiger partial charge in [-0.3, -0.25) is 4.79 Å². The van der Waals surface area contributed by atoms with Gasteiger partial charge in [-0.15, -0.1) is 0 Å². The van der Waals surface area contributed by atoms with E-state index in [1.807, 2.05) is 30.3 Å². The van der Waals surface area contributed by atoms with Gasteiger partial charge in [0, 0.05) is 12.2 Å². The van der Waals surface area contributed by atoms with E-state index in [1.165, 1.54) is 6.42 Å². The number of amides is 1. The van der Waals surface area contributed by atoms with Gasteiger partial charge >= 0.3 is 5.97 Å². The molecule has 0 saturated heterocycles. The van der Waals surface area contributed by atoms with E-state index in [1.54, 1.807) is 25.0 Å². The molecule has 4 fully saturated rings. The van der Waals surface area contributed by atoms with Crippen LogP contribution in [0.25, 0.3) is 16.9 Å². The molecular weight excluding hydrogens is 606 g/mol. The Balaban J connectivity index is 1.40. The summed E-state index contributed by atoms with van der Waals surface area (Å²) in [5, 5.41) is 22.3. The average Bonchev–Trinajstić information content (AvgIpc) is 3.50. The molecule has 10 heteroatoms. The molecule has 3 aromatic rings. The molecule has 0 atom stereocenters. The van der Waals surface area contributed by atoms with Gasteiger partial charge < -0.3 is 30.1 Å². The predicted octanol–water partition coefficient (Wildman–Crippen LogP) is 6.44. The minimum atomic E-state index is -1.28. The van der Waals surface area contributed by atoms with Gasteiger partial charge in [0.1, 0.15) is 17.0 Å². The maximum absolute atomic E-state index is 14.2. The Labute approximate surface area is 284 Å². The summed E-state index contributed by atoms with van der Waals surface area (Å²) in [5.41, 5.74) is 3.07. The molecule has 10 nitrogen and oxygen atoms in total. The minimum absolute atomic E-state index is 0.0680. The van der Waals surface area contributed by atoms with Crippen LogP contribution in [0.3, 0.4) is 0 Å². The van der Waals surface area contributed by atoms with Crippen LogP contribution in [0.1, 0.15) is 80.8 Å². The van der Waals surface area contributed by atoms with Crippen LogP contribution in [0.15, 0.2) is 42.5 Å². The smallest absolute Gasteiger partial charge is 0.330 e. The van der Waals surface area contributed by atoms with E-state index in [9.17, 15) is 14.7 Å². The summed E-state index contributed by atoms with van der Waals surface area (Å²) in [6.07, 6.45) is 6.78.